The molecule has 7 heteroatoms. The van der Waals surface area contributed by atoms with E-state index in [0.29, 0.717) is 6.08 Å². The van der Waals surface area contributed by atoms with Crippen molar-refractivity contribution in [2.75, 3.05) is 0 Å². The number of hydrogen-bond acceptors (Lipinski definition) is 2. The van der Waals surface area contributed by atoms with Gasteiger partial charge in [0.05, 0.1) is 6.42 Å². The van der Waals surface area contributed by atoms with Crippen LogP contribution in [0.15, 0.2) is 36.4 Å². The molecule has 0 unspecified atom stereocenters. The molecule has 0 fully saturated rings. The summed E-state index contributed by atoms with van der Waals surface area (Å²) in [7, 11) is 0. The van der Waals surface area contributed by atoms with E-state index in [4.69, 9.17) is 0 Å². The molecule has 0 N–H and O–H groups in total. The molecule has 1 aromatic rings. The smallest absolute Gasteiger partial charge is 0.392 e. The van der Waals surface area contributed by atoms with Crippen LogP contribution in [0, 0.1) is 0 Å². The van der Waals surface area contributed by atoms with Gasteiger partial charge < -0.3 is 4.74 Å². The molecule has 0 atom stereocenters. The van der Waals surface area contributed by atoms with Crippen LogP contribution in [0.25, 0.3) is 0 Å². The molecule has 0 bridgehead atoms. The number of ketones is 1. The van der Waals surface area contributed by atoms with E-state index in [0.717, 1.165) is 12.1 Å². The summed E-state index contributed by atoms with van der Waals surface area (Å²) < 4.78 is 63.5. The van der Waals surface area contributed by atoms with Gasteiger partial charge in [0.15, 0.2) is 5.78 Å². The third-order valence-electron chi connectivity index (χ3n) is 1.96. The van der Waals surface area contributed by atoms with E-state index in [2.05, 4.69) is 4.74 Å². The molecule has 0 aliphatic carbocycles. The number of alkyl halides is 5. The largest absolute Gasteiger partial charge is 0.435 e. The van der Waals surface area contributed by atoms with E-state index >= 15 is 0 Å². The minimum atomic E-state index is -4.39. The second-order valence-corrected chi connectivity index (χ2v) is 3.49. The van der Waals surface area contributed by atoms with E-state index in [9.17, 15) is 26.7 Å². The van der Waals surface area contributed by atoms with E-state index in [-0.39, 0.29) is 11.3 Å². The van der Waals surface area contributed by atoms with Crippen LogP contribution >= 0.6 is 0 Å². The average Bonchev–Trinajstić information content (AvgIpc) is 2.26. The summed E-state index contributed by atoms with van der Waals surface area (Å²) >= 11 is 0. The first-order valence-corrected chi connectivity index (χ1v) is 5.10. The number of rotatable bonds is 5. The Bertz CT molecular complexity index is 465. The molecule has 19 heavy (non-hydrogen) atoms. The van der Waals surface area contributed by atoms with Gasteiger partial charge in [-0.25, -0.2) is 0 Å². The number of ether oxygens (including phenoxy) is 1. The topological polar surface area (TPSA) is 26.3 Å². The second-order valence-electron chi connectivity index (χ2n) is 3.49. The molecule has 1 rings (SSSR count). The van der Waals surface area contributed by atoms with Gasteiger partial charge in [-0.15, -0.1) is 0 Å². The Morgan fingerprint density at radius 2 is 2.00 bits per heavy atom. The lowest BCUT2D eigenvalue weighted by Gasteiger charge is -2.05. The van der Waals surface area contributed by atoms with Crippen LogP contribution in [0.1, 0.15) is 16.8 Å². The van der Waals surface area contributed by atoms with Crippen molar-refractivity contribution >= 4 is 5.78 Å². The van der Waals surface area contributed by atoms with Gasteiger partial charge in [0, 0.05) is 5.56 Å². The molecule has 0 radical (unpaired) electrons. The monoisotopic (exact) mass is 280 g/mol. The van der Waals surface area contributed by atoms with Gasteiger partial charge in [-0.3, -0.25) is 4.79 Å². The normalized spacial score (nSPS) is 12.1. The molecule has 1 aromatic carbocycles. The van der Waals surface area contributed by atoms with Gasteiger partial charge in [-0.1, -0.05) is 18.2 Å². The maximum Gasteiger partial charge on any atom is 0.392 e. The van der Waals surface area contributed by atoms with Crippen molar-refractivity contribution in [3.8, 4) is 5.75 Å². The molecule has 0 saturated heterocycles. The molecule has 104 valence electrons. The lowest BCUT2D eigenvalue weighted by atomic mass is 10.1. The first kappa shape index (κ1) is 15.1. The molecule has 2 nitrogen and oxygen atoms in total. The van der Waals surface area contributed by atoms with Crippen LogP contribution in [0.2, 0.25) is 0 Å². The molecule has 0 amide bonds. The van der Waals surface area contributed by atoms with Crippen molar-refractivity contribution in [1.82, 2.24) is 0 Å². The number of carbonyl (C=O) groups is 1. The zero-order valence-electron chi connectivity index (χ0n) is 9.45. The van der Waals surface area contributed by atoms with Crippen molar-refractivity contribution in [2.45, 2.75) is 19.2 Å². The number of carbonyl (C=O) groups excluding carboxylic acids is 1. The van der Waals surface area contributed by atoms with E-state index in [1.807, 2.05) is 0 Å². The van der Waals surface area contributed by atoms with Crippen LogP contribution in [0.5, 0.6) is 5.75 Å². The van der Waals surface area contributed by atoms with Crippen molar-refractivity contribution in [3.63, 3.8) is 0 Å². The van der Waals surface area contributed by atoms with Crippen molar-refractivity contribution in [3.05, 3.63) is 42.0 Å². The number of benzene rings is 1. The lowest BCUT2D eigenvalue weighted by molar-refractivity contribution is -0.125. The minimum Gasteiger partial charge on any atom is -0.435 e. The average molecular weight is 280 g/mol. The van der Waals surface area contributed by atoms with Gasteiger partial charge >= 0.3 is 12.8 Å². The zero-order chi connectivity index (χ0) is 14.5. The Morgan fingerprint density at radius 3 is 2.58 bits per heavy atom. The van der Waals surface area contributed by atoms with E-state index in [1.54, 1.807) is 0 Å². The van der Waals surface area contributed by atoms with Gasteiger partial charge in [0.2, 0.25) is 0 Å². The Labute approximate surface area is 105 Å². The van der Waals surface area contributed by atoms with Crippen LogP contribution in [-0.2, 0) is 0 Å². The molecule has 0 aromatic heterocycles. The van der Waals surface area contributed by atoms with Gasteiger partial charge in [-0.2, -0.15) is 22.0 Å². The highest BCUT2D eigenvalue weighted by atomic mass is 19.4. The molecule has 0 saturated carbocycles. The fourth-order valence-electron chi connectivity index (χ4n) is 1.22. The minimum absolute atomic E-state index is 0.0309. The highest BCUT2D eigenvalue weighted by Crippen LogP contribution is 2.20. The third kappa shape index (κ3) is 5.98. The highest BCUT2D eigenvalue weighted by Gasteiger charge is 2.24. The Hall–Kier alpha value is -1.92. The summed E-state index contributed by atoms with van der Waals surface area (Å²) in [5.74, 6) is -0.950. The summed E-state index contributed by atoms with van der Waals surface area (Å²) in [5.41, 5.74) is -0.0309. The quantitative estimate of drug-likeness (QED) is 0.463. The highest BCUT2D eigenvalue weighted by molar-refractivity contribution is 6.04. The van der Waals surface area contributed by atoms with Gasteiger partial charge in [0.1, 0.15) is 5.75 Å². The maximum atomic E-state index is 11.9. The molecule has 0 spiro atoms. The summed E-state index contributed by atoms with van der Waals surface area (Å²) in [4.78, 5) is 11.5. The fraction of sp³-hybridized carbons (Fsp3) is 0.250. The Kier molecular flexibility index (Phi) is 5.02. The van der Waals surface area contributed by atoms with Crippen molar-refractivity contribution < 1.29 is 31.5 Å². The molecule has 0 aliphatic rings. The van der Waals surface area contributed by atoms with Gasteiger partial charge in [0.25, 0.3) is 0 Å². The summed E-state index contributed by atoms with van der Waals surface area (Å²) in [6, 6.07) is 4.83. The first-order chi connectivity index (χ1) is 8.78. The first-order valence-electron chi connectivity index (χ1n) is 5.10. The molecule has 0 aliphatic heterocycles. The predicted molar refractivity (Wildman–Crippen MR) is 57.2 cm³/mol. The Morgan fingerprint density at radius 1 is 1.32 bits per heavy atom. The van der Waals surface area contributed by atoms with Gasteiger partial charge in [-0.05, 0) is 18.2 Å². The van der Waals surface area contributed by atoms with E-state index < -0.39 is 25.0 Å². The Balaban J connectivity index is 2.72. The number of halogens is 5. The maximum absolute atomic E-state index is 11.9. The summed E-state index contributed by atoms with van der Waals surface area (Å²) in [6.45, 7) is -3.04. The third-order valence-corrected chi connectivity index (χ3v) is 1.96. The van der Waals surface area contributed by atoms with Crippen molar-refractivity contribution in [1.29, 1.82) is 0 Å². The second kappa shape index (κ2) is 6.31. The summed E-state index contributed by atoms with van der Waals surface area (Å²) in [6.07, 6.45) is -4.21. The van der Waals surface area contributed by atoms with Crippen LogP contribution in [0.3, 0.4) is 0 Å². The van der Waals surface area contributed by atoms with E-state index in [1.165, 1.54) is 18.2 Å². The molecule has 0 heterocycles. The van der Waals surface area contributed by atoms with Crippen molar-refractivity contribution in [2.24, 2.45) is 0 Å². The van der Waals surface area contributed by atoms with Crippen LogP contribution in [-0.4, -0.2) is 18.6 Å². The zero-order valence-corrected chi connectivity index (χ0v) is 9.45. The predicted octanol–water partition coefficient (Wildman–Crippen LogP) is 3.98. The number of allylic oxidation sites excluding steroid dienone is 2. The summed E-state index contributed by atoms with van der Waals surface area (Å²) in [5, 5.41) is 0. The van der Waals surface area contributed by atoms with Crippen LogP contribution in [0.4, 0.5) is 22.0 Å². The molecular weight excluding hydrogens is 271 g/mol. The lowest BCUT2D eigenvalue weighted by Crippen LogP contribution is -2.05. The molecular formula is C12H9F5O2. The SMILES string of the molecule is O=C(/C=C/CC(F)(F)F)c1cccc(OC(F)F)c1. The standard InChI is InChI=1S/C12H9F5O2/c13-11(14)19-9-4-1-3-8(7-9)10(18)5-2-6-12(15,16)17/h1-5,7,11H,6H2/b5-2+. The number of hydrogen-bond donors (Lipinski definition) is 0. The van der Waals surface area contributed by atoms with Crippen LogP contribution < -0.4 is 4.74 Å². The fourth-order valence-corrected chi connectivity index (χ4v) is 1.22.